The van der Waals surface area contributed by atoms with Crippen molar-refractivity contribution in [1.82, 2.24) is 9.88 Å². The Bertz CT molecular complexity index is 872. The van der Waals surface area contributed by atoms with Crippen LogP contribution in [0.4, 0.5) is 16.3 Å². The van der Waals surface area contributed by atoms with Crippen molar-refractivity contribution in [3.8, 4) is 12.3 Å². The third kappa shape index (κ3) is 6.41. The monoisotopic (exact) mass is 426 g/mol. The average molecular weight is 427 g/mol. The van der Waals surface area contributed by atoms with Crippen LogP contribution in [-0.2, 0) is 9.53 Å². The smallest absolute Gasteiger partial charge is 0.410 e. The highest BCUT2D eigenvalue weighted by Gasteiger charge is 2.39. The van der Waals surface area contributed by atoms with Gasteiger partial charge in [0.05, 0.1) is 5.69 Å². The molecule has 9 heteroatoms. The van der Waals surface area contributed by atoms with Crippen molar-refractivity contribution in [3.63, 3.8) is 0 Å². The van der Waals surface area contributed by atoms with Crippen molar-refractivity contribution >= 4 is 23.5 Å². The van der Waals surface area contributed by atoms with Crippen LogP contribution in [0.25, 0.3) is 0 Å². The number of carbonyl (C=O) groups is 2. The molecule has 0 saturated carbocycles. The quantitative estimate of drug-likeness (QED) is 0.674. The highest BCUT2D eigenvalue weighted by Crippen LogP contribution is 2.37. The van der Waals surface area contributed by atoms with E-state index in [0.29, 0.717) is 57.7 Å². The van der Waals surface area contributed by atoms with Crippen LogP contribution in [0.2, 0.25) is 0 Å². The molecule has 9 nitrogen and oxygen atoms in total. The molecule has 3 heterocycles. The fourth-order valence-electron chi connectivity index (χ4n) is 3.38. The van der Waals surface area contributed by atoms with Crippen LogP contribution in [0, 0.1) is 12.3 Å². The average Bonchev–Trinajstić information content (AvgIpc) is 3.50. The Morgan fingerprint density at radius 1 is 1.23 bits per heavy atom. The van der Waals surface area contributed by atoms with E-state index in [0.717, 1.165) is 5.69 Å². The third-order valence-corrected chi connectivity index (χ3v) is 5.12. The number of hydrogen-bond donors (Lipinski definition) is 1. The van der Waals surface area contributed by atoms with Gasteiger partial charge in [-0.3, -0.25) is 4.79 Å². The zero-order chi connectivity index (χ0) is 22.5. The third-order valence-electron chi connectivity index (χ3n) is 5.12. The Kier molecular flexibility index (Phi) is 6.78. The summed E-state index contributed by atoms with van der Waals surface area (Å²) in [6, 6.07) is 3.76. The van der Waals surface area contributed by atoms with Crippen LogP contribution in [-0.4, -0.2) is 59.3 Å². The van der Waals surface area contributed by atoms with E-state index in [4.69, 9.17) is 11.2 Å². The fourth-order valence-corrected chi connectivity index (χ4v) is 3.38. The van der Waals surface area contributed by atoms with Crippen LogP contribution in [0.15, 0.2) is 28.6 Å². The minimum atomic E-state index is -0.518. The van der Waals surface area contributed by atoms with Crippen molar-refractivity contribution in [1.29, 1.82) is 0 Å². The van der Waals surface area contributed by atoms with E-state index >= 15 is 0 Å². The van der Waals surface area contributed by atoms with Crippen molar-refractivity contribution < 1.29 is 14.3 Å². The number of nitrogens with one attached hydrogen (secondary N) is 1. The van der Waals surface area contributed by atoms with Gasteiger partial charge in [-0.1, -0.05) is 0 Å². The predicted molar refractivity (Wildman–Crippen MR) is 118 cm³/mol. The number of carbonyl (C=O) groups excluding carboxylic acids is 2. The first-order valence-electron chi connectivity index (χ1n) is 10.6. The van der Waals surface area contributed by atoms with Crippen LogP contribution < -0.4 is 10.2 Å². The number of pyridine rings is 1. The molecule has 0 atom stereocenters. The number of ether oxygens (including phenoxy) is 1. The second-order valence-corrected chi connectivity index (χ2v) is 8.76. The summed E-state index contributed by atoms with van der Waals surface area (Å²) in [6.07, 6.45) is 8.75. The van der Waals surface area contributed by atoms with Crippen molar-refractivity contribution in [3.05, 3.63) is 18.3 Å². The molecule has 0 bridgehead atoms. The molecule has 31 heavy (non-hydrogen) atoms. The summed E-state index contributed by atoms with van der Waals surface area (Å²) < 4.78 is 5.45. The SMILES string of the molecule is C#CCCC1(CCC(=O)Nc2ncccc2N2CCN(C(=O)OC(C)(C)C)CC2)N=N1. The molecule has 1 saturated heterocycles. The van der Waals surface area contributed by atoms with Crippen molar-refractivity contribution in [2.45, 2.75) is 57.7 Å². The maximum Gasteiger partial charge on any atom is 0.410 e. The molecule has 1 aromatic heterocycles. The second-order valence-electron chi connectivity index (χ2n) is 8.76. The Hall–Kier alpha value is -3.15. The van der Waals surface area contributed by atoms with Gasteiger partial charge in [0.2, 0.25) is 5.91 Å². The van der Waals surface area contributed by atoms with Gasteiger partial charge >= 0.3 is 6.09 Å². The van der Waals surface area contributed by atoms with E-state index in [-0.39, 0.29) is 12.0 Å². The van der Waals surface area contributed by atoms with Gasteiger partial charge in [-0.2, -0.15) is 10.2 Å². The van der Waals surface area contributed by atoms with Crippen LogP contribution in [0.3, 0.4) is 0 Å². The molecule has 2 aliphatic heterocycles. The normalized spacial score (nSPS) is 17.1. The summed E-state index contributed by atoms with van der Waals surface area (Å²) in [5, 5.41) is 11.0. The van der Waals surface area contributed by atoms with Crippen molar-refractivity contribution in [2.24, 2.45) is 10.2 Å². The van der Waals surface area contributed by atoms with Gasteiger partial charge in [0, 0.05) is 58.1 Å². The van der Waals surface area contributed by atoms with E-state index in [2.05, 4.69) is 31.3 Å². The standard InChI is InChI=1S/C22H30N6O3/c1-5-6-10-22(25-26-22)11-9-18(29)24-19-17(8-7-12-23-19)27-13-15-28(16-14-27)20(30)31-21(2,3)4/h1,7-8,12H,6,9-11,13-16H2,2-4H3,(H,23,24,29). The predicted octanol–water partition coefficient (Wildman–Crippen LogP) is 3.43. The minimum absolute atomic E-state index is 0.135. The highest BCUT2D eigenvalue weighted by molar-refractivity contribution is 5.93. The number of amides is 2. The molecule has 2 amide bonds. The second kappa shape index (κ2) is 9.33. The number of nitrogens with zero attached hydrogens (tertiary/aromatic N) is 5. The molecule has 0 aliphatic carbocycles. The van der Waals surface area contributed by atoms with E-state index in [1.54, 1.807) is 11.1 Å². The first-order chi connectivity index (χ1) is 14.7. The van der Waals surface area contributed by atoms with E-state index in [9.17, 15) is 9.59 Å². The summed E-state index contributed by atoms with van der Waals surface area (Å²) in [7, 11) is 0. The zero-order valence-electron chi connectivity index (χ0n) is 18.4. The first kappa shape index (κ1) is 22.5. The summed E-state index contributed by atoms with van der Waals surface area (Å²) in [6.45, 7) is 7.90. The van der Waals surface area contributed by atoms with Gasteiger partial charge < -0.3 is 19.9 Å². The van der Waals surface area contributed by atoms with Crippen LogP contribution >= 0.6 is 0 Å². The summed E-state index contributed by atoms with van der Waals surface area (Å²) >= 11 is 0. The number of piperazine rings is 1. The molecular weight excluding hydrogens is 396 g/mol. The van der Waals surface area contributed by atoms with Crippen LogP contribution in [0.5, 0.6) is 0 Å². The van der Waals surface area contributed by atoms with Gasteiger partial charge in [-0.15, -0.1) is 12.3 Å². The summed E-state index contributed by atoms with van der Waals surface area (Å²) in [4.78, 5) is 33.0. The molecular formula is C22H30N6O3. The molecule has 0 spiro atoms. The Morgan fingerprint density at radius 3 is 2.55 bits per heavy atom. The topological polar surface area (TPSA) is 99.5 Å². The fraction of sp³-hybridized carbons (Fsp3) is 0.591. The highest BCUT2D eigenvalue weighted by atomic mass is 16.6. The molecule has 1 N–H and O–H groups in total. The number of hydrogen-bond acceptors (Lipinski definition) is 7. The van der Waals surface area contributed by atoms with Gasteiger partial charge in [-0.05, 0) is 32.9 Å². The maximum absolute atomic E-state index is 12.5. The Labute approximate surface area is 183 Å². The van der Waals surface area contributed by atoms with Crippen LogP contribution in [0.1, 0.15) is 46.5 Å². The van der Waals surface area contributed by atoms with Gasteiger partial charge in [-0.25, -0.2) is 9.78 Å². The molecule has 0 radical (unpaired) electrons. The lowest BCUT2D eigenvalue weighted by atomic mass is 10.0. The lowest BCUT2D eigenvalue weighted by Crippen LogP contribution is -2.50. The molecule has 3 rings (SSSR count). The molecule has 1 aromatic rings. The molecule has 166 valence electrons. The lowest BCUT2D eigenvalue weighted by molar-refractivity contribution is -0.116. The van der Waals surface area contributed by atoms with Gasteiger partial charge in [0.25, 0.3) is 0 Å². The summed E-state index contributed by atoms with van der Waals surface area (Å²) in [5.74, 6) is 2.97. The largest absolute Gasteiger partial charge is 0.444 e. The summed E-state index contributed by atoms with van der Waals surface area (Å²) in [5.41, 5.74) is -0.160. The van der Waals surface area contributed by atoms with E-state index in [1.165, 1.54) is 0 Å². The van der Waals surface area contributed by atoms with Gasteiger partial charge in [0.15, 0.2) is 11.5 Å². The minimum Gasteiger partial charge on any atom is -0.444 e. The van der Waals surface area contributed by atoms with Crippen molar-refractivity contribution in [2.75, 3.05) is 36.4 Å². The molecule has 0 unspecified atom stereocenters. The first-order valence-corrected chi connectivity index (χ1v) is 10.6. The van der Waals surface area contributed by atoms with E-state index < -0.39 is 11.3 Å². The van der Waals surface area contributed by atoms with Gasteiger partial charge in [0.1, 0.15) is 5.60 Å². The Morgan fingerprint density at radius 2 is 1.94 bits per heavy atom. The zero-order valence-corrected chi connectivity index (χ0v) is 18.4. The number of anilines is 2. The Balaban J connectivity index is 1.53. The number of terminal acetylenes is 1. The number of aromatic nitrogens is 1. The maximum atomic E-state index is 12.5. The molecule has 2 aliphatic rings. The van der Waals surface area contributed by atoms with E-state index in [1.807, 2.05) is 32.9 Å². The lowest BCUT2D eigenvalue weighted by Gasteiger charge is -2.37. The molecule has 0 aromatic carbocycles. The molecule has 1 fully saturated rings. The number of rotatable bonds is 7.